The van der Waals surface area contributed by atoms with Gasteiger partial charge in [-0.2, -0.15) is 0 Å². The molecule has 2 aromatic rings. The number of halogens is 1. The lowest BCUT2D eigenvalue weighted by molar-refractivity contribution is 0.628. The van der Waals surface area contributed by atoms with Crippen molar-refractivity contribution in [3.63, 3.8) is 0 Å². The van der Waals surface area contributed by atoms with Crippen LogP contribution in [0.1, 0.15) is 0 Å². The van der Waals surface area contributed by atoms with Gasteiger partial charge in [0, 0.05) is 11.9 Å². The molecule has 0 fully saturated rings. The molecule has 0 amide bonds. The van der Waals surface area contributed by atoms with Gasteiger partial charge in [-0.1, -0.05) is 6.07 Å². The fourth-order valence-corrected chi connectivity index (χ4v) is 1.26. The molecule has 1 aromatic heterocycles. The molecule has 4 heteroatoms. The topological polar surface area (TPSA) is 50.9 Å². The average Bonchev–Trinajstić information content (AvgIpc) is 2.17. The summed E-state index contributed by atoms with van der Waals surface area (Å²) in [7, 11) is 0. The van der Waals surface area contributed by atoms with Gasteiger partial charge in [-0.3, -0.25) is 4.98 Å². The molecule has 0 aliphatic rings. The second-order valence-corrected chi connectivity index (χ2v) is 3.14. The standard InChI is InChI=1S/C11H10FN3/c12-8-2-1-3-10(4-8)15-11-5-9(13)6-14-7-11/h1-7,15H,13H2. The average molecular weight is 203 g/mol. The highest BCUT2D eigenvalue weighted by Gasteiger charge is 1.96. The van der Waals surface area contributed by atoms with Crippen LogP contribution >= 0.6 is 0 Å². The monoisotopic (exact) mass is 203 g/mol. The van der Waals surface area contributed by atoms with Crippen LogP contribution in [0, 0.1) is 5.82 Å². The van der Waals surface area contributed by atoms with Crippen molar-refractivity contribution in [1.82, 2.24) is 4.98 Å². The predicted octanol–water partition coefficient (Wildman–Crippen LogP) is 2.55. The van der Waals surface area contributed by atoms with Crippen molar-refractivity contribution in [2.75, 3.05) is 11.1 Å². The first-order valence-electron chi connectivity index (χ1n) is 4.47. The van der Waals surface area contributed by atoms with Crippen molar-refractivity contribution < 1.29 is 4.39 Å². The molecule has 3 nitrogen and oxygen atoms in total. The van der Waals surface area contributed by atoms with Crippen LogP contribution < -0.4 is 11.1 Å². The maximum absolute atomic E-state index is 12.9. The molecule has 0 atom stereocenters. The summed E-state index contributed by atoms with van der Waals surface area (Å²) in [6, 6.07) is 7.94. The minimum absolute atomic E-state index is 0.281. The molecule has 15 heavy (non-hydrogen) atoms. The molecule has 76 valence electrons. The van der Waals surface area contributed by atoms with Gasteiger partial charge in [-0.15, -0.1) is 0 Å². The first-order valence-corrected chi connectivity index (χ1v) is 4.47. The van der Waals surface area contributed by atoms with E-state index in [0.29, 0.717) is 11.4 Å². The number of nitrogens with one attached hydrogen (secondary N) is 1. The van der Waals surface area contributed by atoms with E-state index in [1.54, 1.807) is 30.6 Å². The Hall–Kier alpha value is -2.10. The van der Waals surface area contributed by atoms with Crippen LogP contribution in [0.3, 0.4) is 0 Å². The Morgan fingerprint density at radius 3 is 2.73 bits per heavy atom. The molecule has 0 saturated carbocycles. The third kappa shape index (κ3) is 2.43. The molecule has 0 radical (unpaired) electrons. The maximum atomic E-state index is 12.9. The Morgan fingerprint density at radius 2 is 2.00 bits per heavy atom. The van der Waals surface area contributed by atoms with Crippen LogP contribution in [0.25, 0.3) is 0 Å². The van der Waals surface area contributed by atoms with Crippen molar-refractivity contribution in [2.45, 2.75) is 0 Å². The highest BCUT2D eigenvalue weighted by Crippen LogP contribution is 2.17. The maximum Gasteiger partial charge on any atom is 0.125 e. The third-order valence-corrected chi connectivity index (χ3v) is 1.87. The summed E-state index contributed by atoms with van der Waals surface area (Å²) < 4.78 is 12.9. The molecular formula is C11H10FN3. The van der Waals surface area contributed by atoms with Gasteiger partial charge in [0.2, 0.25) is 0 Å². The lowest BCUT2D eigenvalue weighted by atomic mass is 10.3. The predicted molar refractivity (Wildman–Crippen MR) is 58.3 cm³/mol. The molecular weight excluding hydrogens is 193 g/mol. The number of nitrogens with zero attached hydrogens (tertiary/aromatic N) is 1. The summed E-state index contributed by atoms with van der Waals surface area (Å²) in [4.78, 5) is 3.92. The van der Waals surface area contributed by atoms with E-state index in [-0.39, 0.29) is 5.82 Å². The van der Waals surface area contributed by atoms with E-state index in [4.69, 9.17) is 5.73 Å². The summed E-state index contributed by atoms with van der Waals surface area (Å²) >= 11 is 0. The summed E-state index contributed by atoms with van der Waals surface area (Å²) in [5.41, 5.74) is 7.54. The first kappa shape index (κ1) is 9.45. The fourth-order valence-electron chi connectivity index (χ4n) is 1.26. The Kier molecular flexibility index (Phi) is 2.49. The lowest BCUT2D eigenvalue weighted by Gasteiger charge is -2.06. The summed E-state index contributed by atoms with van der Waals surface area (Å²) in [5.74, 6) is -0.281. The van der Waals surface area contributed by atoms with Crippen LogP contribution in [0.15, 0.2) is 42.7 Å². The second-order valence-electron chi connectivity index (χ2n) is 3.14. The SMILES string of the molecule is Nc1cncc(Nc2cccc(F)c2)c1. The van der Waals surface area contributed by atoms with E-state index in [1.807, 2.05) is 0 Å². The van der Waals surface area contributed by atoms with Gasteiger partial charge >= 0.3 is 0 Å². The van der Waals surface area contributed by atoms with Crippen LogP contribution in [-0.4, -0.2) is 4.98 Å². The van der Waals surface area contributed by atoms with Crippen molar-refractivity contribution in [2.24, 2.45) is 0 Å². The number of hydrogen-bond acceptors (Lipinski definition) is 3. The minimum Gasteiger partial charge on any atom is -0.397 e. The van der Waals surface area contributed by atoms with Crippen molar-refractivity contribution in [3.05, 3.63) is 48.5 Å². The van der Waals surface area contributed by atoms with Crippen LogP contribution in [0.4, 0.5) is 21.5 Å². The number of nitrogen functional groups attached to an aromatic ring is 1. The van der Waals surface area contributed by atoms with E-state index < -0.39 is 0 Å². The molecule has 0 saturated heterocycles. The number of hydrogen-bond donors (Lipinski definition) is 2. The third-order valence-electron chi connectivity index (χ3n) is 1.87. The van der Waals surface area contributed by atoms with Crippen LogP contribution in [0.5, 0.6) is 0 Å². The molecule has 1 heterocycles. The summed E-state index contributed by atoms with van der Waals surface area (Å²) in [6.07, 6.45) is 3.18. The molecule has 0 aliphatic carbocycles. The Balaban J connectivity index is 2.22. The first-order chi connectivity index (χ1) is 7.24. The number of aromatic nitrogens is 1. The Morgan fingerprint density at radius 1 is 1.13 bits per heavy atom. The van der Waals surface area contributed by atoms with E-state index in [2.05, 4.69) is 10.3 Å². The van der Waals surface area contributed by atoms with Crippen LogP contribution in [0.2, 0.25) is 0 Å². The molecule has 0 bridgehead atoms. The minimum atomic E-state index is -0.281. The zero-order valence-corrected chi connectivity index (χ0v) is 7.94. The highest BCUT2D eigenvalue weighted by atomic mass is 19.1. The summed E-state index contributed by atoms with van der Waals surface area (Å²) in [6.45, 7) is 0. The van der Waals surface area contributed by atoms with Gasteiger partial charge in [0.05, 0.1) is 17.6 Å². The quantitative estimate of drug-likeness (QED) is 0.788. The Labute approximate surface area is 86.8 Å². The zero-order valence-electron chi connectivity index (χ0n) is 7.94. The fraction of sp³-hybridized carbons (Fsp3) is 0. The number of pyridine rings is 1. The highest BCUT2D eigenvalue weighted by molar-refractivity contribution is 5.61. The Bertz CT molecular complexity index is 427. The van der Waals surface area contributed by atoms with Gasteiger partial charge in [0.15, 0.2) is 0 Å². The van der Waals surface area contributed by atoms with Gasteiger partial charge in [0.25, 0.3) is 0 Å². The van der Waals surface area contributed by atoms with Crippen molar-refractivity contribution >= 4 is 17.1 Å². The van der Waals surface area contributed by atoms with E-state index in [0.717, 1.165) is 5.69 Å². The van der Waals surface area contributed by atoms with Gasteiger partial charge < -0.3 is 11.1 Å². The van der Waals surface area contributed by atoms with E-state index in [9.17, 15) is 4.39 Å². The van der Waals surface area contributed by atoms with Gasteiger partial charge in [0.1, 0.15) is 5.82 Å². The van der Waals surface area contributed by atoms with Gasteiger partial charge in [-0.25, -0.2) is 4.39 Å². The number of anilines is 3. The number of benzene rings is 1. The summed E-state index contributed by atoms with van der Waals surface area (Å²) in [5, 5.41) is 3.00. The van der Waals surface area contributed by atoms with E-state index >= 15 is 0 Å². The van der Waals surface area contributed by atoms with Crippen LogP contribution in [-0.2, 0) is 0 Å². The second kappa shape index (κ2) is 3.96. The number of nitrogens with two attached hydrogens (primary N) is 1. The van der Waals surface area contributed by atoms with Crippen molar-refractivity contribution in [1.29, 1.82) is 0 Å². The molecule has 0 spiro atoms. The van der Waals surface area contributed by atoms with E-state index in [1.165, 1.54) is 12.1 Å². The lowest BCUT2D eigenvalue weighted by Crippen LogP contribution is -1.93. The normalized spacial score (nSPS) is 9.93. The smallest absolute Gasteiger partial charge is 0.125 e. The largest absolute Gasteiger partial charge is 0.397 e. The molecule has 0 unspecified atom stereocenters. The molecule has 3 N–H and O–H groups in total. The number of rotatable bonds is 2. The molecule has 2 rings (SSSR count). The molecule has 0 aliphatic heterocycles. The molecule has 1 aromatic carbocycles. The van der Waals surface area contributed by atoms with Gasteiger partial charge in [-0.05, 0) is 24.3 Å². The van der Waals surface area contributed by atoms with Crippen molar-refractivity contribution in [3.8, 4) is 0 Å². The zero-order chi connectivity index (χ0) is 10.7.